The molecule has 0 spiro atoms. The van der Waals surface area contributed by atoms with Gasteiger partial charge in [0.2, 0.25) is 5.90 Å². The predicted molar refractivity (Wildman–Crippen MR) is 116 cm³/mol. The van der Waals surface area contributed by atoms with Gasteiger partial charge in [0.15, 0.2) is 17.2 Å². The average molecular weight is 417 g/mol. The first kappa shape index (κ1) is 20.3. The minimum Gasteiger partial charge on any atom is -0.493 e. The lowest BCUT2D eigenvalue weighted by Gasteiger charge is -2.13. The number of hydrogen-bond acceptors (Lipinski definition) is 5. The first-order chi connectivity index (χ1) is 15.0. The van der Waals surface area contributed by atoms with Gasteiger partial charge >= 0.3 is 5.97 Å². The molecule has 31 heavy (non-hydrogen) atoms. The van der Waals surface area contributed by atoms with Crippen LogP contribution < -0.4 is 9.47 Å². The summed E-state index contributed by atoms with van der Waals surface area (Å²) in [7, 11) is 1.54. The van der Waals surface area contributed by atoms with Crippen LogP contribution in [0.4, 0.5) is 4.39 Å². The summed E-state index contributed by atoms with van der Waals surface area (Å²) < 4.78 is 29.9. The van der Waals surface area contributed by atoms with Crippen molar-refractivity contribution in [2.24, 2.45) is 4.99 Å². The molecule has 1 aliphatic heterocycles. The van der Waals surface area contributed by atoms with Crippen LogP contribution in [0.5, 0.6) is 11.5 Å². The molecule has 0 N–H and O–H groups in total. The van der Waals surface area contributed by atoms with Crippen molar-refractivity contribution in [1.82, 2.24) is 0 Å². The molecule has 0 aromatic heterocycles. The largest absolute Gasteiger partial charge is 0.493 e. The maximum absolute atomic E-state index is 13.2. The Morgan fingerprint density at radius 1 is 1.03 bits per heavy atom. The third kappa shape index (κ3) is 4.48. The van der Waals surface area contributed by atoms with Crippen molar-refractivity contribution in [3.63, 3.8) is 0 Å². The Morgan fingerprint density at radius 2 is 1.81 bits per heavy atom. The number of para-hydroxylation sites is 1. The summed E-state index contributed by atoms with van der Waals surface area (Å²) >= 11 is 0. The maximum Gasteiger partial charge on any atom is 0.363 e. The molecular formula is C25H20FNO4. The summed E-state index contributed by atoms with van der Waals surface area (Å²) in [6, 6.07) is 19.0. The molecule has 3 aromatic rings. The summed E-state index contributed by atoms with van der Waals surface area (Å²) in [4.78, 5) is 16.8. The number of cyclic esters (lactones) is 1. The molecule has 5 nitrogen and oxygen atoms in total. The van der Waals surface area contributed by atoms with E-state index in [1.54, 1.807) is 36.4 Å². The molecule has 1 aliphatic rings. The topological polar surface area (TPSA) is 57.1 Å². The zero-order valence-corrected chi connectivity index (χ0v) is 17.1. The lowest BCUT2D eigenvalue weighted by atomic mass is 10.1. The van der Waals surface area contributed by atoms with Crippen LogP contribution in [0.15, 0.2) is 77.4 Å². The number of hydrogen-bond donors (Lipinski definition) is 0. The fourth-order valence-electron chi connectivity index (χ4n) is 3.18. The summed E-state index contributed by atoms with van der Waals surface area (Å²) in [6.45, 7) is 2.13. The number of rotatable bonds is 6. The minimum absolute atomic E-state index is 0.165. The Bertz CT molecular complexity index is 1180. The van der Waals surface area contributed by atoms with Gasteiger partial charge in [-0.25, -0.2) is 14.2 Å². The van der Waals surface area contributed by atoms with Gasteiger partial charge in [-0.15, -0.1) is 0 Å². The van der Waals surface area contributed by atoms with Crippen molar-refractivity contribution < 1.29 is 23.4 Å². The van der Waals surface area contributed by atoms with Crippen molar-refractivity contribution in [1.29, 1.82) is 0 Å². The molecule has 3 aromatic carbocycles. The highest BCUT2D eigenvalue weighted by Gasteiger charge is 2.25. The summed E-state index contributed by atoms with van der Waals surface area (Å²) in [5.41, 5.74) is 3.30. The Labute approximate surface area is 179 Å². The van der Waals surface area contributed by atoms with Crippen LogP contribution in [-0.2, 0) is 16.1 Å². The van der Waals surface area contributed by atoms with Gasteiger partial charge in [0.25, 0.3) is 0 Å². The minimum atomic E-state index is -0.537. The maximum atomic E-state index is 13.2. The zero-order chi connectivity index (χ0) is 21.8. The van der Waals surface area contributed by atoms with Crippen LogP contribution >= 0.6 is 0 Å². The van der Waals surface area contributed by atoms with Crippen molar-refractivity contribution in [3.8, 4) is 11.5 Å². The fraction of sp³-hybridized carbons (Fsp3) is 0.120. The van der Waals surface area contributed by atoms with Gasteiger partial charge in [-0.1, -0.05) is 42.5 Å². The monoisotopic (exact) mass is 417 g/mol. The Morgan fingerprint density at radius 3 is 2.55 bits per heavy atom. The van der Waals surface area contributed by atoms with Gasteiger partial charge in [0.05, 0.1) is 7.11 Å². The van der Waals surface area contributed by atoms with Crippen molar-refractivity contribution in [2.75, 3.05) is 7.11 Å². The standard InChI is InChI=1S/C25H20FNO4/c1-16-6-3-4-8-20(16)24-27-21(25(28)31-24)14-18-7-5-9-22(29-2)23(18)30-15-17-10-12-19(26)13-11-17/h3-14H,15H2,1-2H3/b21-14-. The molecule has 156 valence electrons. The first-order valence-corrected chi connectivity index (χ1v) is 9.68. The number of halogens is 1. The Balaban J connectivity index is 1.66. The van der Waals surface area contributed by atoms with E-state index in [9.17, 15) is 9.18 Å². The van der Waals surface area contributed by atoms with Gasteiger partial charge in [-0.2, -0.15) is 0 Å². The number of nitrogens with zero attached hydrogens (tertiary/aromatic N) is 1. The van der Waals surface area contributed by atoms with E-state index >= 15 is 0 Å². The molecule has 0 atom stereocenters. The van der Waals surface area contributed by atoms with Crippen LogP contribution in [0.1, 0.15) is 22.3 Å². The predicted octanol–water partition coefficient (Wildman–Crippen LogP) is 5.07. The molecule has 0 bridgehead atoms. The third-order valence-corrected chi connectivity index (χ3v) is 4.81. The summed E-state index contributed by atoms with van der Waals surface area (Å²) in [6.07, 6.45) is 1.61. The third-order valence-electron chi connectivity index (χ3n) is 4.81. The SMILES string of the molecule is COc1cccc(/C=C2\N=C(c3ccccc3C)OC2=O)c1OCc1ccc(F)cc1. The second-order valence-corrected chi connectivity index (χ2v) is 6.94. The summed E-state index contributed by atoms with van der Waals surface area (Å²) in [5, 5.41) is 0. The molecule has 0 saturated heterocycles. The Kier molecular flexibility index (Phi) is 5.80. The lowest BCUT2D eigenvalue weighted by molar-refractivity contribution is -0.129. The second kappa shape index (κ2) is 8.83. The number of benzene rings is 3. The first-order valence-electron chi connectivity index (χ1n) is 9.68. The number of aryl methyl sites for hydroxylation is 1. The summed E-state index contributed by atoms with van der Waals surface area (Å²) in [5.74, 6) is 0.380. The molecule has 1 heterocycles. The number of carbonyl (C=O) groups is 1. The van der Waals surface area contributed by atoms with Crippen molar-refractivity contribution >= 4 is 17.9 Å². The number of ether oxygens (including phenoxy) is 3. The highest BCUT2D eigenvalue weighted by atomic mass is 19.1. The van der Waals surface area contributed by atoms with Crippen LogP contribution in [0.3, 0.4) is 0 Å². The number of aliphatic imine (C=N–C) groups is 1. The fourth-order valence-corrected chi connectivity index (χ4v) is 3.18. The quantitative estimate of drug-likeness (QED) is 0.415. The molecule has 0 amide bonds. The van der Waals surface area contributed by atoms with E-state index in [4.69, 9.17) is 14.2 Å². The molecule has 0 radical (unpaired) electrons. The van der Waals surface area contributed by atoms with Gasteiger partial charge < -0.3 is 14.2 Å². The van der Waals surface area contributed by atoms with E-state index in [0.29, 0.717) is 17.1 Å². The smallest absolute Gasteiger partial charge is 0.363 e. The van der Waals surface area contributed by atoms with Gasteiger partial charge in [-0.3, -0.25) is 0 Å². The van der Waals surface area contributed by atoms with Crippen molar-refractivity contribution in [3.05, 3.63) is 100 Å². The second-order valence-electron chi connectivity index (χ2n) is 6.94. The molecule has 0 unspecified atom stereocenters. The molecule has 4 rings (SSSR count). The van der Waals surface area contributed by atoms with Crippen LogP contribution in [0.25, 0.3) is 6.08 Å². The van der Waals surface area contributed by atoms with E-state index < -0.39 is 5.97 Å². The molecule has 0 saturated carbocycles. The van der Waals surface area contributed by atoms with E-state index in [0.717, 1.165) is 16.7 Å². The van der Waals surface area contributed by atoms with Gasteiger partial charge in [0, 0.05) is 11.1 Å². The van der Waals surface area contributed by atoms with Crippen molar-refractivity contribution in [2.45, 2.75) is 13.5 Å². The van der Waals surface area contributed by atoms with E-state index in [-0.39, 0.29) is 24.0 Å². The van der Waals surface area contributed by atoms with E-state index in [2.05, 4.69) is 4.99 Å². The molecule has 0 fully saturated rings. The number of esters is 1. The zero-order valence-electron chi connectivity index (χ0n) is 17.1. The highest BCUT2D eigenvalue weighted by Crippen LogP contribution is 2.34. The number of carbonyl (C=O) groups excluding carboxylic acids is 1. The normalized spacial score (nSPS) is 14.4. The van der Waals surface area contributed by atoms with Gasteiger partial charge in [-0.05, 0) is 48.4 Å². The number of methoxy groups -OCH3 is 1. The molecular weight excluding hydrogens is 397 g/mol. The lowest BCUT2D eigenvalue weighted by Crippen LogP contribution is -2.06. The van der Waals surface area contributed by atoms with E-state index in [1.807, 2.05) is 31.2 Å². The van der Waals surface area contributed by atoms with Gasteiger partial charge in [0.1, 0.15) is 12.4 Å². The molecule has 6 heteroatoms. The molecule has 0 aliphatic carbocycles. The van der Waals surface area contributed by atoms with Crippen LogP contribution in [0.2, 0.25) is 0 Å². The average Bonchev–Trinajstić information content (AvgIpc) is 3.14. The van der Waals surface area contributed by atoms with E-state index in [1.165, 1.54) is 19.2 Å². The van der Waals surface area contributed by atoms with Crippen LogP contribution in [0, 0.1) is 12.7 Å². The highest BCUT2D eigenvalue weighted by molar-refractivity contribution is 6.13. The van der Waals surface area contributed by atoms with Crippen LogP contribution in [-0.4, -0.2) is 19.0 Å². The Hall–Kier alpha value is -3.93.